The molecule has 1 aliphatic heterocycles. The van der Waals surface area contributed by atoms with E-state index in [4.69, 9.17) is 18.9 Å². The van der Waals surface area contributed by atoms with Gasteiger partial charge in [-0.05, 0) is 36.8 Å². The van der Waals surface area contributed by atoms with Gasteiger partial charge < -0.3 is 18.9 Å². The van der Waals surface area contributed by atoms with Crippen molar-refractivity contribution in [3.63, 3.8) is 0 Å². The first-order chi connectivity index (χ1) is 12.5. The third-order valence-corrected chi connectivity index (χ3v) is 4.26. The molecule has 0 atom stereocenters. The van der Waals surface area contributed by atoms with Gasteiger partial charge in [-0.1, -0.05) is 0 Å². The van der Waals surface area contributed by atoms with Gasteiger partial charge in [-0.25, -0.2) is 0 Å². The average molecular weight is 357 g/mol. The summed E-state index contributed by atoms with van der Waals surface area (Å²) in [6, 6.07) is 8.72. The van der Waals surface area contributed by atoms with Crippen LogP contribution < -0.4 is 18.9 Å². The molecule has 0 aliphatic carbocycles. The molecule has 2 aromatic carbocycles. The van der Waals surface area contributed by atoms with Crippen molar-refractivity contribution >= 4 is 5.76 Å². The highest BCUT2D eigenvalue weighted by atomic mass is 16.6. The Hall–Kier alpha value is -3.22. The molecule has 2 aromatic rings. The van der Waals surface area contributed by atoms with E-state index in [2.05, 4.69) is 0 Å². The van der Waals surface area contributed by atoms with E-state index in [0.717, 1.165) is 5.56 Å². The molecule has 7 heteroatoms. The SMILES string of the molecule is COc1cc2c(c(OC)c1)OC(c1ccc(OC)c(C)c1)=C([N+](=O)[O-])C2. The fourth-order valence-corrected chi connectivity index (χ4v) is 2.96. The zero-order valence-electron chi connectivity index (χ0n) is 15.0. The van der Waals surface area contributed by atoms with E-state index in [1.165, 1.54) is 14.2 Å². The molecule has 0 radical (unpaired) electrons. The van der Waals surface area contributed by atoms with Crippen molar-refractivity contribution in [3.05, 3.63) is 62.8 Å². The number of aryl methyl sites for hydroxylation is 1. The van der Waals surface area contributed by atoms with Crippen LogP contribution >= 0.6 is 0 Å². The lowest BCUT2D eigenvalue weighted by Gasteiger charge is -2.22. The molecule has 0 amide bonds. The number of fused-ring (bicyclic) bond motifs is 1. The zero-order chi connectivity index (χ0) is 18.8. The predicted molar refractivity (Wildman–Crippen MR) is 95.5 cm³/mol. The number of methoxy groups -OCH3 is 3. The first-order valence-corrected chi connectivity index (χ1v) is 7.93. The van der Waals surface area contributed by atoms with Gasteiger partial charge >= 0.3 is 0 Å². The molecule has 7 nitrogen and oxygen atoms in total. The predicted octanol–water partition coefficient (Wildman–Crippen LogP) is 3.60. The van der Waals surface area contributed by atoms with Gasteiger partial charge in [0, 0.05) is 17.2 Å². The molecule has 26 heavy (non-hydrogen) atoms. The molecule has 0 saturated carbocycles. The minimum atomic E-state index is -0.413. The fourth-order valence-electron chi connectivity index (χ4n) is 2.96. The molecule has 0 spiro atoms. The Bertz CT molecular complexity index is 903. The minimum absolute atomic E-state index is 0.0163. The average Bonchev–Trinajstić information content (AvgIpc) is 2.65. The standard InChI is InChI=1S/C19H19NO6/c1-11-7-12(5-6-16(11)24-3)18-15(20(21)22)9-13-8-14(23-2)10-17(25-4)19(13)26-18/h5-8,10H,9H2,1-4H3. The Morgan fingerprint density at radius 1 is 1.04 bits per heavy atom. The van der Waals surface area contributed by atoms with E-state index < -0.39 is 4.92 Å². The van der Waals surface area contributed by atoms with E-state index in [1.54, 1.807) is 37.4 Å². The summed E-state index contributed by atoms with van der Waals surface area (Å²) in [4.78, 5) is 11.2. The Morgan fingerprint density at radius 2 is 1.77 bits per heavy atom. The molecule has 1 heterocycles. The minimum Gasteiger partial charge on any atom is -0.497 e. The lowest BCUT2D eigenvalue weighted by atomic mass is 10.00. The second-order valence-electron chi connectivity index (χ2n) is 5.81. The molecular formula is C19H19NO6. The topological polar surface area (TPSA) is 80.1 Å². The van der Waals surface area contributed by atoms with Gasteiger partial charge in [-0.15, -0.1) is 0 Å². The maximum atomic E-state index is 11.6. The summed E-state index contributed by atoms with van der Waals surface area (Å²) >= 11 is 0. The van der Waals surface area contributed by atoms with Gasteiger partial charge in [0.2, 0.25) is 5.76 Å². The Labute approximate surface area is 150 Å². The number of nitrogens with zero attached hydrogens (tertiary/aromatic N) is 1. The molecule has 0 aromatic heterocycles. The number of nitro groups is 1. The third kappa shape index (κ3) is 3.03. The summed E-state index contributed by atoms with van der Waals surface area (Å²) in [5.41, 5.74) is 2.09. The number of ether oxygens (including phenoxy) is 4. The van der Waals surface area contributed by atoms with Gasteiger partial charge in [-0.3, -0.25) is 10.1 Å². The summed E-state index contributed by atoms with van der Waals surface area (Å²) in [6.07, 6.45) is 0.107. The number of allylic oxidation sites excluding steroid dienone is 1. The lowest BCUT2D eigenvalue weighted by Crippen LogP contribution is -2.16. The maximum absolute atomic E-state index is 11.6. The Balaban J connectivity index is 2.13. The van der Waals surface area contributed by atoms with Crippen LogP contribution in [0.3, 0.4) is 0 Å². The Kier molecular flexibility index (Phi) is 4.71. The second-order valence-corrected chi connectivity index (χ2v) is 5.81. The second kappa shape index (κ2) is 6.95. The normalized spacial score (nSPS) is 12.9. The van der Waals surface area contributed by atoms with Gasteiger partial charge in [0.1, 0.15) is 11.5 Å². The van der Waals surface area contributed by atoms with Crippen molar-refractivity contribution in [1.29, 1.82) is 0 Å². The van der Waals surface area contributed by atoms with Crippen molar-refractivity contribution in [2.75, 3.05) is 21.3 Å². The van der Waals surface area contributed by atoms with Crippen molar-refractivity contribution in [1.82, 2.24) is 0 Å². The lowest BCUT2D eigenvalue weighted by molar-refractivity contribution is -0.427. The largest absolute Gasteiger partial charge is 0.497 e. The van der Waals surface area contributed by atoms with E-state index in [9.17, 15) is 10.1 Å². The van der Waals surface area contributed by atoms with Gasteiger partial charge in [0.15, 0.2) is 11.5 Å². The van der Waals surface area contributed by atoms with Crippen molar-refractivity contribution < 1.29 is 23.9 Å². The van der Waals surface area contributed by atoms with E-state index in [1.807, 2.05) is 6.92 Å². The number of rotatable bonds is 5. The molecule has 0 bridgehead atoms. The van der Waals surface area contributed by atoms with Crippen LogP contribution in [0.4, 0.5) is 0 Å². The van der Waals surface area contributed by atoms with Gasteiger partial charge in [0.05, 0.1) is 32.7 Å². The van der Waals surface area contributed by atoms with Crippen LogP contribution in [0.1, 0.15) is 16.7 Å². The molecule has 136 valence electrons. The van der Waals surface area contributed by atoms with Crippen LogP contribution in [0.5, 0.6) is 23.0 Å². The monoisotopic (exact) mass is 357 g/mol. The smallest absolute Gasteiger partial charge is 0.293 e. The van der Waals surface area contributed by atoms with Crippen LogP contribution in [-0.2, 0) is 6.42 Å². The number of benzene rings is 2. The summed E-state index contributed by atoms with van der Waals surface area (Å²) in [5, 5.41) is 11.6. The first kappa shape index (κ1) is 17.6. The van der Waals surface area contributed by atoms with Crippen LogP contribution in [0.25, 0.3) is 5.76 Å². The van der Waals surface area contributed by atoms with E-state index in [-0.39, 0.29) is 17.9 Å². The maximum Gasteiger partial charge on any atom is 0.293 e. The molecule has 0 saturated heterocycles. The summed E-state index contributed by atoms with van der Waals surface area (Å²) in [7, 11) is 4.62. The first-order valence-electron chi connectivity index (χ1n) is 7.93. The van der Waals surface area contributed by atoms with Crippen molar-refractivity contribution in [2.24, 2.45) is 0 Å². The zero-order valence-corrected chi connectivity index (χ0v) is 15.0. The Morgan fingerprint density at radius 3 is 2.35 bits per heavy atom. The van der Waals surface area contributed by atoms with Gasteiger partial charge in [-0.2, -0.15) is 0 Å². The van der Waals surface area contributed by atoms with Crippen molar-refractivity contribution in [3.8, 4) is 23.0 Å². The molecule has 3 rings (SSSR count). The molecule has 1 aliphatic rings. The highest BCUT2D eigenvalue weighted by Crippen LogP contribution is 2.43. The summed E-state index contributed by atoms with van der Waals surface area (Å²) < 4.78 is 21.8. The quantitative estimate of drug-likeness (QED) is 0.601. The third-order valence-electron chi connectivity index (χ3n) is 4.26. The van der Waals surface area contributed by atoms with Crippen LogP contribution in [-0.4, -0.2) is 26.3 Å². The van der Waals surface area contributed by atoms with Crippen LogP contribution in [0, 0.1) is 17.0 Å². The molecule has 0 fully saturated rings. The van der Waals surface area contributed by atoms with Crippen LogP contribution in [0.2, 0.25) is 0 Å². The molecule has 0 N–H and O–H groups in total. The summed E-state index contributed by atoms with van der Waals surface area (Å²) in [6.45, 7) is 1.87. The van der Waals surface area contributed by atoms with Crippen LogP contribution in [0.15, 0.2) is 36.0 Å². The van der Waals surface area contributed by atoms with Crippen molar-refractivity contribution in [2.45, 2.75) is 13.3 Å². The highest BCUT2D eigenvalue weighted by molar-refractivity contribution is 5.70. The van der Waals surface area contributed by atoms with Gasteiger partial charge in [0.25, 0.3) is 5.70 Å². The molecule has 0 unspecified atom stereocenters. The molecular weight excluding hydrogens is 338 g/mol. The summed E-state index contributed by atoms with van der Waals surface area (Å²) in [5.74, 6) is 2.38. The highest BCUT2D eigenvalue weighted by Gasteiger charge is 2.32. The fraction of sp³-hybridized carbons (Fsp3) is 0.263. The van der Waals surface area contributed by atoms with E-state index >= 15 is 0 Å². The number of hydrogen-bond acceptors (Lipinski definition) is 6. The van der Waals surface area contributed by atoms with E-state index in [0.29, 0.717) is 34.1 Å². The number of hydrogen-bond donors (Lipinski definition) is 0.